The molecule has 0 bridgehead atoms. The Bertz CT molecular complexity index is 340. The summed E-state index contributed by atoms with van der Waals surface area (Å²) in [6, 6.07) is 1.55. The topological polar surface area (TPSA) is 99.4 Å². The zero-order valence-corrected chi connectivity index (χ0v) is 9.09. The van der Waals surface area contributed by atoms with Crippen LogP contribution < -0.4 is 4.72 Å². The van der Waals surface area contributed by atoms with Crippen LogP contribution in [0.4, 0.5) is 0 Å². The van der Waals surface area contributed by atoms with E-state index in [4.69, 9.17) is 10.00 Å². The van der Waals surface area contributed by atoms with Crippen molar-refractivity contribution in [3.63, 3.8) is 0 Å². The smallest absolute Gasteiger partial charge is 0.225 e. The van der Waals surface area contributed by atoms with E-state index >= 15 is 0 Å². The summed E-state index contributed by atoms with van der Waals surface area (Å²) in [5.74, 6) is -0.584. The minimum absolute atomic E-state index is 0.0552. The van der Waals surface area contributed by atoms with Crippen molar-refractivity contribution in [3.05, 3.63) is 0 Å². The van der Waals surface area contributed by atoms with Gasteiger partial charge in [-0.15, -0.1) is 0 Å². The van der Waals surface area contributed by atoms with Gasteiger partial charge in [-0.2, -0.15) is 5.26 Å². The van der Waals surface area contributed by atoms with Gasteiger partial charge in [0.15, 0.2) is 5.75 Å². The van der Waals surface area contributed by atoms with Crippen molar-refractivity contribution < 1.29 is 18.3 Å². The van der Waals surface area contributed by atoms with E-state index < -0.39 is 21.4 Å². The van der Waals surface area contributed by atoms with Crippen LogP contribution in [-0.2, 0) is 14.8 Å². The molecule has 2 N–H and O–H groups in total. The van der Waals surface area contributed by atoms with Crippen LogP contribution in [0.5, 0.6) is 0 Å². The van der Waals surface area contributed by atoms with E-state index in [0.717, 1.165) is 0 Å². The Morgan fingerprint density at radius 3 is 2.60 bits per heavy atom. The average Bonchev–Trinajstić information content (AvgIpc) is 2.17. The molecule has 7 heteroatoms. The molecule has 1 heterocycles. The van der Waals surface area contributed by atoms with Gasteiger partial charge < -0.3 is 9.84 Å². The molecule has 1 aliphatic rings. The van der Waals surface area contributed by atoms with Crippen molar-refractivity contribution >= 4 is 10.0 Å². The number of sulfonamides is 1. The third-order valence-corrected chi connectivity index (χ3v) is 3.39. The lowest BCUT2D eigenvalue weighted by Gasteiger charge is -2.31. The maximum atomic E-state index is 11.1. The molecule has 86 valence electrons. The molecular weight excluding hydrogens is 220 g/mol. The van der Waals surface area contributed by atoms with Gasteiger partial charge in [-0.25, -0.2) is 13.1 Å². The van der Waals surface area contributed by atoms with Gasteiger partial charge in [-0.1, -0.05) is 0 Å². The summed E-state index contributed by atoms with van der Waals surface area (Å²) in [7, 11) is -3.58. The van der Waals surface area contributed by atoms with E-state index in [9.17, 15) is 13.5 Å². The molecule has 0 atom stereocenters. The second-order valence-corrected chi connectivity index (χ2v) is 5.38. The lowest BCUT2D eigenvalue weighted by molar-refractivity contribution is -0.0588. The highest BCUT2D eigenvalue weighted by molar-refractivity contribution is 7.89. The molecule has 0 aromatic heterocycles. The SMILES string of the molecule is N#CCS(=O)(=O)NCC1(O)CCOCC1. The first-order valence-electron chi connectivity index (χ1n) is 4.62. The van der Waals surface area contributed by atoms with Crippen LogP contribution in [0.2, 0.25) is 0 Å². The van der Waals surface area contributed by atoms with Crippen LogP contribution in [0, 0.1) is 11.3 Å². The van der Waals surface area contributed by atoms with Crippen molar-refractivity contribution in [2.24, 2.45) is 0 Å². The maximum Gasteiger partial charge on any atom is 0.225 e. The Balaban J connectivity index is 2.45. The molecule has 0 aromatic carbocycles. The Hall–Kier alpha value is -0.680. The van der Waals surface area contributed by atoms with Crippen LogP contribution in [-0.4, -0.2) is 44.6 Å². The number of aliphatic hydroxyl groups is 1. The molecule has 15 heavy (non-hydrogen) atoms. The van der Waals surface area contributed by atoms with E-state index in [-0.39, 0.29) is 6.54 Å². The molecule has 0 aliphatic carbocycles. The number of hydrogen-bond acceptors (Lipinski definition) is 5. The average molecular weight is 234 g/mol. The number of nitriles is 1. The fourth-order valence-electron chi connectivity index (χ4n) is 1.31. The monoisotopic (exact) mass is 234 g/mol. The summed E-state index contributed by atoms with van der Waals surface area (Å²) < 4.78 is 29.5. The van der Waals surface area contributed by atoms with Gasteiger partial charge in [0.1, 0.15) is 0 Å². The van der Waals surface area contributed by atoms with E-state index in [2.05, 4.69) is 4.72 Å². The summed E-state index contributed by atoms with van der Waals surface area (Å²) in [5.41, 5.74) is -1.04. The van der Waals surface area contributed by atoms with Gasteiger partial charge in [-0.05, 0) is 0 Å². The summed E-state index contributed by atoms with van der Waals surface area (Å²) in [6.07, 6.45) is 0.810. The van der Waals surface area contributed by atoms with Crippen LogP contribution in [0.15, 0.2) is 0 Å². The zero-order chi connectivity index (χ0) is 11.4. The largest absolute Gasteiger partial charge is 0.388 e. The Labute approximate surface area is 88.9 Å². The molecule has 0 radical (unpaired) electrons. The molecule has 1 aliphatic heterocycles. The standard InChI is InChI=1S/C8H14N2O4S/c9-3-6-15(12,13)10-7-8(11)1-4-14-5-2-8/h10-11H,1-2,4-7H2. The van der Waals surface area contributed by atoms with Crippen molar-refractivity contribution in [2.75, 3.05) is 25.5 Å². The normalized spacial score (nSPS) is 20.8. The maximum absolute atomic E-state index is 11.1. The summed E-state index contributed by atoms with van der Waals surface area (Å²) >= 11 is 0. The first kappa shape index (κ1) is 12.4. The van der Waals surface area contributed by atoms with Crippen LogP contribution in [0.1, 0.15) is 12.8 Å². The summed E-state index contributed by atoms with van der Waals surface area (Å²) in [6.45, 7) is 0.799. The van der Waals surface area contributed by atoms with E-state index in [1.54, 1.807) is 6.07 Å². The number of ether oxygens (including phenoxy) is 1. The van der Waals surface area contributed by atoms with Crippen LogP contribution in [0.25, 0.3) is 0 Å². The lowest BCUT2D eigenvalue weighted by atomic mass is 9.95. The molecular formula is C8H14N2O4S. The summed E-state index contributed by atoms with van der Waals surface area (Å²) in [4.78, 5) is 0. The van der Waals surface area contributed by atoms with Crippen molar-refractivity contribution in [1.82, 2.24) is 4.72 Å². The Kier molecular flexibility index (Phi) is 4.04. The quantitative estimate of drug-likeness (QED) is 0.648. The number of hydrogen-bond donors (Lipinski definition) is 2. The third-order valence-electron chi connectivity index (χ3n) is 2.30. The van der Waals surface area contributed by atoms with E-state index in [1.807, 2.05) is 0 Å². The second-order valence-electron chi connectivity index (χ2n) is 3.58. The highest BCUT2D eigenvalue weighted by Crippen LogP contribution is 2.19. The highest BCUT2D eigenvalue weighted by Gasteiger charge is 2.30. The fraction of sp³-hybridized carbons (Fsp3) is 0.875. The van der Waals surface area contributed by atoms with E-state index in [0.29, 0.717) is 26.1 Å². The van der Waals surface area contributed by atoms with Crippen LogP contribution in [0.3, 0.4) is 0 Å². The molecule has 0 amide bonds. The summed E-state index contributed by atoms with van der Waals surface area (Å²) in [5, 5.41) is 18.2. The first-order chi connectivity index (χ1) is 6.97. The lowest BCUT2D eigenvalue weighted by Crippen LogP contribution is -2.46. The van der Waals surface area contributed by atoms with Crippen LogP contribution >= 0.6 is 0 Å². The van der Waals surface area contributed by atoms with Gasteiger partial charge in [0.2, 0.25) is 10.0 Å². The molecule has 1 saturated heterocycles. The first-order valence-corrected chi connectivity index (χ1v) is 6.27. The van der Waals surface area contributed by atoms with Gasteiger partial charge in [-0.3, -0.25) is 0 Å². The minimum Gasteiger partial charge on any atom is -0.388 e. The number of nitrogens with zero attached hydrogens (tertiary/aromatic N) is 1. The third kappa shape index (κ3) is 4.13. The molecule has 1 fully saturated rings. The minimum atomic E-state index is -3.58. The fourth-order valence-corrected chi connectivity index (χ4v) is 2.07. The second kappa shape index (κ2) is 4.90. The van der Waals surface area contributed by atoms with Gasteiger partial charge in [0.05, 0.1) is 11.7 Å². The molecule has 0 unspecified atom stereocenters. The zero-order valence-electron chi connectivity index (χ0n) is 8.27. The van der Waals surface area contributed by atoms with E-state index in [1.165, 1.54) is 0 Å². The number of nitrogens with one attached hydrogen (secondary N) is 1. The molecule has 0 saturated carbocycles. The van der Waals surface area contributed by atoms with Crippen molar-refractivity contribution in [2.45, 2.75) is 18.4 Å². The van der Waals surface area contributed by atoms with Gasteiger partial charge in [0, 0.05) is 32.6 Å². The Morgan fingerprint density at radius 1 is 1.47 bits per heavy atom. The highest BCUT2D eigenvalue weighted by atomic mass is 32.2. The predicted octanol–water partition coefficient (Wildman–Crippen LogP) is -1.03. The molecule has 6 nitrogen and oxygen atoms in total. The van der Waals surface area contributed by atoms with Gasteiger partial charge >= 0.3 is 0 Å². The number of rotatable bonds is 4. The Morgan fingerprint density at radius 2 is 2.07 bits per heavy atom. The molecule has 0 spiro atoms. The predicted molar refractivity (Wildman–Crippen MR) is 52.4 cm³/mol. The van der Waals surface area contributed by atoms with Gasteiger partial charge in [0.25, 0.3) is 0 Å². The molecule has 0 aromatic rings. The molecule has 1 rings (SSSR count). The van der Waals surface area contributed by atoms with Crippen molar-refractivity contribution in [1.29, 1.82) is 5.26 Å². The van der Waals surface area contributed by atoms with Crippen molar-refractivity contribution in [3.8, 4) is 6.07 Å².